The molecule has 1 aromatic heterocycles. The highest BCUT2D eigenvalue weighted by Gasteiger charge is 2.49. The first-order chi connectivity index (χ1) is 14.3. The van der Waals surface area contributed by atoms with Gasteiger partial charge in [0, 0.05) is 16.8 Å². The molecule has 6 nitrogen and oxygen atoms in total. The first-order valence-corrected chi connectivity index (χ1v) is 11.4. The zero-order valence-electron chi connectivity index (χ0n) is 16.0. The minimum Gasteiger partial charge on any atom is -0.489 e. The molecule has 0 bridgehead atoms. The molecule has 0 aliphatic carbocycles. The Balaban J connectivity index is 1.74. The van der Waals surface area contributed by atoms with Gasteiger partial charge in [0.25, 0.3) is 10.2 Å². The van der Waals surface area contributed by atoms with E-state index in [0.29, 0.717) is 33.7 Å². The van der Waals surface area contributed by atoms with Crippen LogP contribution in [0.25, 0.3) is 0 Å². The number of aromatic nitrogens is 1. The van der Waals surface area contributed by atoms with Crippen LogP contribution in [0.15, 0.2) is 66.9 Å². The largest absolute Gasteiger partial charge is 0.489 e. The van der Waals surface area contributed by atoms with Gasteiger partial charge in [-0.05, 0) is 36.2 Å². The second-order valence-electron chi connectivity index (χ2n) is 7.18. The third-order valence-electron chi connectivity index (χ3n) is 5.05. The number of halogens is 2. The van der Waals surface area contributed by atoms with Crippen molar-refractivity contribution in [2.45, 2.75) is 25.1 Å². The lowest BCUT2D eigenvalue weighted by Gasteiger charge is -2.31. The van der Waals surface area contributed by atoms with Crippen molar-refractivity contribution in [3.63, 3.8) is 0 Å². The van der Waals surface area contributed by atoms with Crippen LogP contribution in [-0.2, 0) is 22.4 Å². The number of nitrogens with one attached hydrogen (secondary N) is 2. The fourth-order valence-electron chi connectivity index (χ4n) is 3.53. The van der Waals surface area contributed by atoms with Gasteiger partial charge < -0.3 is 4.74 Å². The van der Waals surface area contributed by atoms with Crippen molar-refractivity contribution in [2.24, 2.45) is 0 Å². The van der Waals surface area contributed by atoms with Gasteiger partial charge >= 0.3 is 0 Å². The fraction of sp³-hybridized carbons (Fsp3) is 0.190. The Bertz CT molecular complexity index is 1160. The second-order valence-corrected chi connectivity index (χ2v) is 9.46. The van der Waals surface area contributed by atoms with Gasteiger partial charge in [-0.25, -0.2) is 4.98 Å². The summed E-state index contributed by atoms with van der Waals surface area (Å²) in [5.41, 5.74) is 1.28. The van der Waals surface area contributed by atoms with E-state index in [-0.39, 0.29) is 0 Å². The Hall–Kier alpha value is -2.16. The van der Waals surface area contributed by atoms with Crippen LogP contribution in [0.1, 0.15) is 29.7 Å². The summed E-state index contributed by atoms with van der Waals surface area (Å²) in [5, 5.41) is 0.816. The Kier molecular flexibility index (Phi) is 5.74. The van der Waals surface area contributed by atoms with E-state index in [1.54, 1.807) is 43.5 Å². The van der Waals surface area contributed by atoms with Gasteiger partial charge in [-0.15, -0.1) is 0 Å². The quantitative estimate of drug-likeness (QED) is 0.550. The lowest BCUT2D eigenvalue weighted by molar-refractivity contribution is 0.291. The lowest BCUT2D eigenvalue weighted by atomic mass is 9.83. The lowest BCUT2D eigenvalue weighted by Crippen LogP contribution is -2.39. The fourth-order valence-corrected chi connectivity index (χ4v) is 5.33. The van der Waals surface area contributed by atoms with Crippen LogP contribution in [0.5, 0.6) is 5.75 Å². The summed E-state index contributed by atoms with van der Waals surface area (Å²) >= 11 is 12.1. The molecule has 1 fully saturated rings. The van der Waals surface area contributed by atoms with Crippen LogP contribution in [0, 0.1) is 0 Å². The summed E-state index contributed by atoms with van der Waals surface area (Å²) in [6.45, 7) is 2.11. The minimum absolute atomic E-state index is 0.320. The molecule has 0 unspecified atom stereocenters. The van der Waals surface area contributed by atoms with Crippen molar-refractivity contribution in [1.82, 2.24) is 14.4 Å². The summed E-state index contributed by atoms with van der Waals surface area (Å²) in [6.07, 6.45) is 1.56. The molecule has 3 aromatic rings. The standard InChI is InChI=1S/C21H19Cl2N3O3S/c1-21(15-7-10-19(23)24-12-15)20(25-30(27,28)26-21)17-9-8-16(22)11-18(17)29-13-14-5-3-2-4-6-14/h2-12,20,25-26H,13H2,1H3/t20-,21+/m0/s1. The monoisotopic (exact) mass is 463 g/mol. The van der Waals surface area contributed by atoms with Crippen LogP contribution in [0.2, 0.25) is 10.2 Å². The van der Waals surface area contributed by atoms with Crippen LogP contribution < -0.4 is 14.2 Å². The molecule has 0 amide bonds. The van der Waals surface area contributed by atoms with Crippen LogP contribution >= 0.6 is 23.2 Å². The number of rotatable bonds is 5. The number of hydrogen-bond donors (Lipinski definition) is 2. The van der Waals surface area contributed by atoms with E-state index in [4.69, 9.17) is 27.9 Å². The number of nitrogens with zero attached hydrogens (tertiary/aromatic N) is 1. The summed E-state index contributed by atoms with van der Waals surface area (Å²) in [7, 11) is -3.75. The molecule has 9 heteroatoms. The van der Waals surface area contributed by atoms with Gasteiger partial charge in [0.1, 0.15) is 17.5 Å². The van der Waals surface area contributed by atoms with Crippen LogP contribution in [-0.4, -0.2) is 13.4 Å². The molecule has 2 N–H and O–H groups in total. The predicted octanol–water partition coefficient (Wildman–Crippen LogP) is 4.36. The van der Waals surface area contributed by atoms with E-state index >= 15 is 0 Å². The normalized spacial score (nSPS) is 22.7. The van der Waals surface area contributed by atoms with E-state index in [9.17, 15) is 8.42 Å². The Labute approximate surface area is 185 Å². The Morgan fingerprint density at radius 3 is 2.57 bits per heavy atom. The summed E-state index contributed by atoms with van der Waals surface area (Å²) < 4.78 is 36.4. The third-order valence-corrected chi connectivity index (χ3v) is 6.75. The molecule has 0 radical (unpaired) electrons. The number of hydrogen-bond acceptors (Lipinski definition) is 4. The molecule has 1 aliphatic heterocycles. The zero-order valence-corrected chi connectivity index (χ0v) is 18.3. The molecule has 30 heavy (non-hydrogen) atoms. The molecule has 1 aliphatic rings. The molecule has 2 aromatic carbocycles. The van der Waals surface area contributed by atoms with Gasteiger partial charge in [-0.1, -0.05) is 65.7 Å². The van der Waals surface area contributed by atoms with Gasteiger partial charge in [0.15, 0.2) is 0 Å². The van der Waals surface area contributed by atoms with E-state index in [0.717, 1.165) is 5.56 Å². The summed E-state index contributed by atoms with van der Waals surface area (Å²) in [5.74, 6) is 0.496. The van der Waals surface area contributed by atoms with E-state index in [2.05, 4.69) is 14.4 Å². The van der Waals surface area contributed by atoms with E-state index < -0.39 is 21.8 Å². The summed E-state index contributed by atoms with van der Waals surface area (Å²) in [6, 6.07) is 17.6. The molecule has 1 saturated heterocycles. The van der Waals surface area contributed by atoms with Gasteiger partial charge in [-0.3, -0.25) is 0 Å². The Morgan fingerprint density at radius 1 is 1.10 bits per heavy atom. The highest BCUT2D eigenvalue weighted by Crippen LogP contribution is 2.43. The minimum atomic E-state index is -3.75. The molecular formula is C21H19Cl2N3O3S. The maximum absolute atomic E-state index is 12.5. The molecular weight excluding hydrogens is 445 g/mol. The highest BCUT2D eigenvalue weighted by molar-refractivity contribution is 7.87. The van der Waals surface area contributed by atoms with Crippen molar-refractivity contribution < 1.29 is 13.2 Å². The van der Waals surface area contributed by atoms with Gasteiger partial charge in [-0.2, -0.15) is 17.9 Å². The number of pyridine rings is 1. The van der Waals surface area contributed by atoms with Gasteiger partial charge in [0.05, 0.1) is 11.6 Å². The van der Waals surface area contributed by atoms with Gasteiger partial charge in [0.2, 0.25) is 0 Å². The third kappa shape index (κ3) is 4.31. The first kappa shape index (κ1) is 21.1. The van der Waals surface area contributed by atoms with Crippen molar-refractivity contribution in [2.75, 3.05) is 0 Å². The SMILES string of the molecule is C[C@]1(c2ccc(Cl)nc2)NS(=O)(=O)N[C@H]1c1ccc(Cl)cc1OCc1ccccc1. The molecule has 156 valence electrons. The smallest absolute Gasteiger partial charge is 0.278 e. The van der Waals surface area contributed by atoms with Crippen molar-refractivity contribution in [1.29, 1.82) is 0 Å². The van der Waals surface area contributed by atoms with Crippen molar-refractivity contribution in [3.05, 3.63) is 93.7 Å². The van der Waals surface area contributed by atoms with Crippen LogP contribution in [0.4, 0.5) is 0 Å². The van der Waals surface area contributed by atoms with Crippen molar-refractivity contribution >= 4 is 33.4 Å². The molecule has 4 rings (SSSR count). The topological polar surface area (TPSA) is 80.3 Å². The number of benzene rings is 2. The molecule has 2 atom stereocenters. The maximum atomic E-state index is 12.5. The average molecular weight is 464 g/mol. The van der Waals surface area contributed by atoms with Crippen LogP contribution in [0.3, 0.4) is 0 Å². The number of ether oxygens (including phenoxy) is 1. The molecule has 0 saturated carbocycles. The summed E-state index contributed by atoms with van der Waals surface area (Å²) in [4.78, 5) is 4.11. The zero-order chi connectivity index (χ0) is 21.4. The van der Waals surface area contributed by atoms with E-state index in [1.807, 2.05) is 30.3 Å². The second kappa shape index (κ2) is 8.17. The predicted molar refractivity (Wildman–Crippen MR) is 117 cm³/mol. The van der Waals surface area contributed by atoms with Crippen molar-refractivity contribution in [3.8, 4) is 5.75 Å². The first-order valence-electron chi connectivity index (χ1n) is 9.16. The van der Waals surface area contributed by atoms with E-state index in [1.165, 1.54) is 0 Å². The maximum Gasteiger partial charge on any atom is 0.278 e. The Morgan fingerprint density at radius 2 is 1.87 bits per heavy atom. The molecule has 2 heterocycles. The highest BCUT2D eigenvalue weighted by atomic mass is 35.5. The average Bonchev–Trinajstić information content (AvgIpc) is 2.97. The molecule has 0 spiro atoms.